The average molecular weight is 529 g/mol. The second-order valence-electron chi connectivity index (χ2n) is 9.41. The SMILES string of the molecule is CCN(C(=O)COC(=O)c1ccc(N2C(=O)c3cccc4cccc(c34)C2=O)cc1)c1cccc2ccccc12. The number of hydrogen-bond donors (Lipinski definition) is 0. The van der Waals surface area contributed by atoms with Gasteiger partial charge < -0.3 is 9.64 Å². The number of benzene rings is 5. The van der Waals surface area contributed by atoms with Gasteiger partial charge in [0, 0.05) is 28.4 Å². The maximum absolute atomic E-state index is 13.3. The van der Waals surface area contributed by atoms with E-state index in [2.05, 4.69) is 0 Å². The van der Waals surface area contributed by atoms with Crippen molar-refractivity contribution < 1.29 is 23.9 Å². The molecule has 0 fully saturated rings. The van der Waals surface area contributed by atoms with Crippen LogP contribution in [0.25, 0.3) is 21.5 Å². The van der Waals surface area contributed by atoms with Gasteiger partial charge in [-0.15, -0.1) is 0 Å². The van der Waals surface area contributed by atoms with Crippen LogP contribution in [-0.2, 0) is 9.53 Å². The van der Waals surface area contributed by atoms with Gasteiger partial charge in [0.15, 0.2) is 6.61 Å². The molecule has 0 radical (unpaired) electrons. The number of carbonyl (C=O) groups is 4. The third-order valence-electron chi connectivity index (χ3n) is 7.13. The molecule has 1 aliphatic heterocycles. The Balaban J connectivity index is 1.17. The van der Waals surface area contributed by atoms with Gasteiger partial charge in [-0.1, -0.05) is 60.7 Å². The topological polar surface area (TPSA) is 84.0 Å². The number of nitrogens with zero attached hydrogens (tertiary/aromatic N) is 2. The second-order valence-corrected chi connectivity index (χ2v) is 9.41. The second kappa shape index (κ2) is 10.1. The van der Waals surface area contributed by atoms with E-state index < -0.39 is 24.4 Å². The van der Waals surface area contributed by atoms with Crippen LogP contribution in [0.15, 0.2) is 103 Å². The summed E-state index contributed by atoms with van der Waals surface area (Å²) in [5.74, 6) is -1.88. The van der Waals surface area contributed by atoms with Crippen molar-refractivity contribution in [2.45, 2.75) is 6.92 Å². The molecule has 7 nitrogen and oxygen atoms in total. The lowest BCUT2D eigenvalue weighted by Crippen LogP contribution is -2.40. The molecule has 0 spiro atoms. The van der Waals surface area contributed by atoms with E-state index in [1.54, 1.807) is 29.2 Å². The van der Waals surface area contributed by atoms with Crippen molar-refractivity contribution in [3.8, 4) is 0 Å². The van der Waals surface area contributed by atoms with Gasteiger partial charge in [0.2, 0.25) is 0 Å². The number of esters is 1. The number of rotatable bonds is 6. The molecule has 0 aromatic heterocycles. The molecule has 0 atom stereocenters. The van der Waals surface area contributed by atoms with Gasteiger partial charge in [-0.05, 0) is 60.2 Å². The molecule has 1 heterocycles. The van der Waals surface area contributed by atoms with Crippen LogP contribution in [0, 0.1) is 0 Å². The number of anilines is 2. The fourth-order valence-electron chi connectivity index (χ4n) is 5.22. The van der Waals surface area contributed by atoms with Crippen molar-refractivity contribution in [1.82, 2.24) is 0 Å². The van der Waals surface area contributed by atoms with Crippen LogP contribution in [0.5, 0.6) is 0 Å². The Morgan fingerprint density at radius 3 is 2.00 bits per heavy atom. The Kier molecular flexibility index (Phi) is 6.32. The molecule has 0 N–H and O–H groups in total. The summed E-state index contributed by atoms with van der Waals surface area (Å²) in [4.78, 5) is 55.1. The first-order valence-electron chi connectivity index (χ1n) is 12.9. The van der Waals surface area contributed by atoms with E-state index >= 15 is 0 Å². The van der Waals surface area contributed by atoms with Crippen LogP contribution in [0.1, 0.15) is 38.0 Å². The monoisotopic (exact) mass is 528 g/mol. The fourth-order valence-corrected chi connectivity index (χ4v) is 5.22. The molecule has 196 valence electrons. The van der Waals surface area contributed by atoms with Gasteiger partial charge in [-0.2, -0.15) is 0 Å². The van der Waals surface area contributed by atoms with Gasteiger partial charge in [-0.25, -0.2) is 9.69 Å². The highest BCUT2D eigenvalue weighted by molar-refractivity contribution is 6.35. The number of ether oxygens (including phenoxy) is 1. The maximum atomic E-state index is 13.3. The summed E-state index contributed by atoms with van der Waals surface area (Å²) in [6.45, 7) is 1.84. The summed E-state index contributed by atoms with van der Waals surface area (Å²) >= 11 is 0. The predicted molar refractivity (Wildman–Crippen MR) is 154 cm³/mol. The van der Waals surface area contributed by atoms with Crippen LogP contribution in [0.2, 0.25) is 0 Å². The van der Waals surface area contributed by atoms with Gasteiger partial charge in [0.05, 0.1) is 16.9 Å². The Labute approximate surface area is 230 Å². The molecule has 1 aliphatic rings. The Morgan fingerprint density at radius 1 is 0.725 bits per heavy atom. The highest BCUT2D eigenvalue weighted by atomic mass is 16.5. The minimum absolute atomic E-state index is 0.198. The Morgan fingerprint density at radius 2 is 1.32 bits per heavy atom. The zero-order valence-corrected chi connectivity index (χ0v) is 21.7. The Bertz CT molecular complexity index is 1770. The number of imide groups is 1. The molecule has 40 heavy (non-hydrogen) atoms. The zero-order chi connectivity index (χ0) is 27.8. The summed E-state index contributed by atoms with van der Waals surface area (Å²) in [7, 11) is 0. The third kappa shape index (κ3) is 4.18. The zero-order valence-electron chi connectivity index (χ0n) is 21.7. The molecule has 0 saturated heterocycles. The van der Waals surface area contributed by atoms with Crippen molar-refractivity contribution in [3.63, 3.8) is 0 Å². The highest BCUT2D eigenvalue weighted by Crippen LogP contribution is 2.33. The number of hydrogen-bond acceptors (Lipinski definition) is 5. The molecule has 0 saturated carbocycles. The highest BCUT2D eigenvalue weighted by Gasteiger charge is 2.33. The van der Waals surface area contributed by atoms with Crippen LogP contribution >= 0.6 is 0 Å². The molecule has 6 rings (SSSR count). The van der Waals surface area contributed by atoms with Gasteiger partial charge >= 0.3 is 5.97 Å². The maximum Gasteiger partial charge on any atom is 0.338 e. The summed E-state index contributed by atoms with van der Waals surface area (Å²) in [5, 5.41) is 3.41. The molecule has 0 bridgehead atoms. The number of likely N-dealkylation sites (N-methyl/N-ethyl adjacent to an activating group) is 1. The van der Waals surface area contributed by atoms with E-state index in [1.807, 2.05) is 61.5 Å². The molecule has 3 amide bonds. The van der Waals surface area contributed by atoms with E-state index in [0.717, 1.165) is 26.7 Å². The molecule has 0 aliphatic carbocycles. The minimum Gasteiger partial charge on any atom is -0.452 e. The lowest BCUT2D eigenvalue weighted by molar-refractivity contribution is -0.121. The number of carbonyl (C=O) groups excluding carboxylic acids is 4. The lowest BCUT2D eigenvalue weighted by atomic mass is 9.94. The normalized spacial score (nSPS) is 12.6. The van der Waals surface area contributed by atoms with Gasteiger partial charge in [0.1, 0.15) is 0 Å². The lowest BCUT2D eigenvalue weighted by Gasteiger charge is -2.27. The third-order valence-corrected chi connectivity index (χ3v) is 7.13. The van der Waals surface area contributed by atoms with E-state index in [-0.39, 0.29) is 11.5 Å². The summed E-state index contributed by atoms with van der Waals surface area (Å²) in [6, 6.07) is 30.2. The Hall–Kier alpha value is -5.30. The molecule has 5 aromatic rings. The number of amides is 3. The molecular formula is C33H24N2O5. The largest absolute Gasteiger partial charge is 0.452 e. The summed E-state index contributed by atoms with van der Waals surface area (Å²) in [5.41, 5.74) is 2.17. The fraction of sp³-hybridized carbons (Fsp3) is 0.0909. The van der Waals surface area contributed by atoms with Crippen molar-refractivity contribution in [2.24, 2.45) is 0 Å². The first-order valence-corrected chi connectivity index (χ1v) is 12.9. The van der Waals surface area contributed by atoms with E-state index in [1.165, 1.54) is 24.3 Å². The van der Waals surface area contributed by atoms with Crippen molar-refractivity contribution in [3.05, 3.63) is 120 Å². The van der Waals surface area contributed by atoms with Crippen LogP contribution in [-0.4, -0.2) is 36.8 Å². The quantitative estimate of drug-likeness (QED) is 0.199. The van der Waals surface area contributed by atoms with Gasteiger partial charge in [0.25, 0.3) is 17.7 Å². The van der Waals surface area contributed by atoms with Crippen LogP contribution in [0.4, 0.5) is 11.4 Å². The average Bonchev–Trinajstić information content (AvgIpc) is 2.99. The standard InChI is InChI=1S/C33H24N2O5/c1-2-34(28-15-7-9-21-8-3-4-12-25(21)28)29(36)20-40-33(39)23-16-18-24(19-17-23)35-31(37)26-13-5-10-22-11-6-14-27(30(22)26)32(35)38/h3-19H,2,20H2,1H3. The summed E-state index contributed by atoms with van der Waals surface area (Å²) < 4.78 is 5.34. The first-order chi connectivity index (χ1) is 19.5. The first kappa shape index (κ1) is 25.0. The molecular weight excluding hydrogens is 504 g/mol. The molecule has 7 heteroatoms. The van der Waals surface area contributed by atoms with E-state index in [4.69, 9.17) is 4.74 Å². The van der Waals surface area contributed by atoms with Crippen LogP contribution in [0.3, 0.4) is 0 Å². The van der Waals surface area contributed by atoms with Crippen molar-refractivity contribution in [2.75, 3.05) is 23.0 Å². The predicted octanol–water partition coefficient (Wildman–Crippen LogP) is 6.00. The van der Waals surface area contributed by atoms with Gasteiger partial charge in [-0.3, -0.25) is 14.4 Å². The number of fused-ring (bicyclic) bond motifs is 1. The minimum atomic E-state index is -0.680. The van der Waals surface area contributed by atoms with Crippen molar-refractivity contribution in [1.29, 1.82) is 0 Å². The van der Waals surface area contributed by atoms with E-state index in [9.17, 15) is 19.2 Å². The summed E-state index contributed by atoms with van der Waals surface area (Å²) in [6.07, 6.45) is 0. The van der Waals surface area contributed by atoms with E-state index in [0.29, 0.717) is 28.7 Å². The smallest absolute Gasteiger partial charge is 0.338 e. The molecule has 5 aromatic carbocycles. The molecule has 0 unspecified atom stereocenters. The van der Waals surface area contributed by atoms with Crippen LogP contribution < -0.4 is 9.80 Å². The van der Waals surface area contributed by atoms with Crippen molar-refractivity contribution >= 4 is 56.6 Å².